The van der Waals surface area contributed by atoms with E-state index in [0.717, 1.165) is 0 Å². The van der Waals surface area contributed by atoms with Gasteiger partial charge in [0.15, 0.2) is 0 Å². The number of likely N-dealkylation sites (N-methyl/N-ethyl adjacent to an activating group) is 1. The molecule has 0 spiro atoms. The molecule has 0 aliphatic carbocycles. The molecule has 2 saturated heterocycles. The zero-order valence-electron chi connectivity index (χ0n) is 28.7. The molecule has 4 heterocycles. The molecule has 10 nitrogen and oxygen atoms in total. The molecule has 2 aliphatic heterocycles. The summed E-state index contributed by atoms with van der Waals surface area (Å²) in [6, 6.07) is 10.1. The number of nitriles is 1. The van der Waals surface area contributed by atoms with Crippen LogP contribution in [-0.2, 0) is 10.2 Å². The molecular weight excluding hydrogens is 582 g/mol. The molecule has 5 atom stereocenters. The summed E-state index contributed by atoms with van der Waals surface area (Å²) in [6.45, 7) is 5.01. The molecule has 5 rings (SSSR count). The van der Waals surface area contributed by atoms with Gasteiger partial charge in [-0.1, -0.05) is 29.9 Å². The minimum absolute atomic E-state index is 0.0335. The molecule has 1 aromatic carbocycles. The van der Waals surface area contributed by atoms with Crippen molar-refractivity contribution in [3.8, 4) is 29.4 Å². The van der Waals surface area contributed by atoms with Crippen LogP contribution in [0, 0.1) is 17.1 Å². The number of alkyl halides is 1. The minimum Gasteiger partial charge on any atom is -0.474 e. The molecule has 238 valence electrons. The third kappa shape index (κ3) is 6.99. The lowest BCUT2D eigenvalue weighted by molar-refractivity contribution is -0.130. The van der Waals surface area contributed by atoms with E-state index < -0.39 is 48.3 Å². The lowest BCUT2D eigenvalue weighted by Gasteiger charge is -2.37. The largest absolute Gasteiger partial charge is 0.474 e. The van der Waals surface area contributed by atoms with Gasteiger partial charge in [-0.25, -0.2) is 8.78 Å². The van der Waals surface area contributed by atoms with E-state index in [4.69, 9.17) is 18.1 Å². The van der Waals surface area contributed by atoms with Crippen LogP contribution >= 0.6 is 0 Å². The minimum atomic E-state index is -0.967. The number of carbonyl (C=O) groups excluding carboxylic acids is 1. The summed E-state index contributed by atoms with van der Waals surface area (Å²) in [6.07, 6.45) is -1.07. The zero-order valence-corrected chi connectivity index (χ0v) is 25.7. The van der Waals surface area contributed by atoms with Crippen LogP contribution in [0.2, 0.25) is 0 Å². The van der Waals surface area contributed by atoms with Crippen molar-refractivity contribution in [2.45, 2.75) is 82.3 Å². The summed E-state index contributed by atoms with van der Waals surface area (Å²) in [7, 11) is 1.83. The summed E-state index contributed by atoms with van der Waals surface area (Å²) in [5, 5.41) is 13.6. The lowest BCUT2D eigenvalue weighted by atomic mass is 9.81. The Morgan fingerprint density at radius 2 is 2.11 bits per heavy atom. The number of nitrogens with zero attached hydrogens (tertiary/aromatic N) is 6. The maximum absolute atomic E-state index is 14.7. The molecule has 2 aliphatic rings. The number of amides is 1. The molecule has 0 N–H and O–H groups in total. The number of benzene rings is 1. The fraction of sp³-hybridized carbons (Fsp3) is 0.485. The highest BCUT2D eigenvalue weighted by Gasteiger charge is 2.36. The topological polar surface area (TPSA) is 118 Å². The number of hydrogen-bond acceptors (Lipinski definition) is 9. The van der Waals surface area contributed by atoms with Gasteiger partial charge in [-0.3, -0.25) is 9.69 Å². The summed E-state index contributed by atoms with van der Waals surface area (Å²) >= 11 is 0. The van der Waals surface area contributed by atoms with Gasteiger partial charge < -0.3 is 18.9 Å². The number of carbonyl (C=O) groups is 1. The summed E-state index contributed by atoms with van der Waals surface area (Å²) in [4.78, 5) is 25.1. The van der Waals surface area contributed by atoms with Crippen LogP contribution in [0.15, 0.2) is 53.5 Å². The average molecular weight is 624 g/mol. The van der Waals surface area contributed by atoms with Crippen LogP contribution in [0.3, 0.4) is 0 Å². The number of likely N-dealkylation sites (tertiary alicyclic amines) is 2. The first kappa shape index (κ1) is 28.1. The van der Waals surface area contributed by atoms with Crippen LogP contribution in [0.25, 0.3) is 11.6 Å². The van der Waals surface area contributed by atoms with Crippen LogP contribution in [-0.4, -0.2) is 81.4 Å². The predicted octanol–water partition coefficient (Wildman–Crippen LogP) is 5.24. The standard InChI is InChI=1S/C33H38F2N6O4/c1-6-31(42)41-14-12-23(16-22(41)11-13-36)44-30-18-29(43-20(2)26-15-21(34)19-40(26)5)37-32(38-30)27-17-28(39-45-27)33(3,4)24-9-7-8-10-25(24)35/h6-10,17-18,20-23,26H,1,11-12,14-16,19H2,2-5H3/t20-,21-,22+,23-,26-/m0/s1/i1D2,6D. The third-order valence-electron chi connectivity index (χ3n) is 8.65. The highest BCUT2D eigenvalue weighted by atomic mass is 19.1. The van der Waals surface area contributed by atoms with E-state index in [0.29, 0.717) is 30.6 Å². The van der Waals surface area contributed by atoms with Gasteiger partial charge in [0, 0.05) is 49.5 Å². The molecule has 2 fully saturated rings. The van der Waals surface area contributed by atoms with E-state index in [1.165, 1.54) is 17.0 Å². The van der Waals surface area contributed by atoms with Crippen molar-refractivity contribution in [3.05, 3.63) is 66.1 Å². The van der Waals surface area contributed by atoms with Gasteiger partial charge in [0.2, 0.25) is 29.3 Å². The number of aromatic nitrogens is 3. The van der Waals surface area contributed by atoms with Crippen LogP contribution in [0.4, 0.5) is 8.78 Å². The van der Waals surface area contributed by atoms with Crippen molar-refractivity contribution in [1.82, 2.24) is 24.9 Å². The molecule has 0 saturated carbocycles. The van der Waals surface area contributed by atoms with Crippen LogP contribution < -0.4 is 9.47 Å². The second-order valence-electron chi connectivity index (χ2n) is 12.1. The first-order chi connectivity index (χ1) is 22.8. The fourth-order valence-electron chi connectivity index (χ4n) is 6.13. The molecule has 0 unspecified atom stereocenters. The highest BCUT2D eigenvalue weighted by molar-refractivity contribution is 5.87. The third-order valence-corrected chi connectivity index (χ3v) is 8.65. The Labute approximate surface area is 265 Å². The van der Waals surface area contributed by atoms with Gasteiger partial charge in [0.1, 0.15) is 24.2 Å². The molecule has 0 radical (unpaired) electrons. The molecule has 12 heteroatoms. The quantitative estimate of drug-likeness (QED) is 0.279. The summed E-state index contributed by atoms with van der Waals surface area (Å²) in [5.41, 5.74) is 0.0117. The Morgan fingerprint density at radius 3 is 2.82 bits per heavy atom. The van der Waals surface area contributed by atoms with Gasteiger partial charge in [0.25, 0.3) is 0 Å². The number of piperidine rings is 1. The Bertz CT molecular complexity index is 1710. The van der Waals surface area contributed by atoms with E-state index in [1.54, 1.807) is 24.3 Å². The van der Waals surface area contributed by atoms with E-state index in [1.807, 2.05) is 32.7 Å². The van der Waals surface area contributed by atoms with E-state index in [-0.39, 0.29) is 54.6 Å². The monoisotopic (exact) mass is 623 g/mol. The molecule has 0 bridgehead atoms. The van der Waals surface area contributed by atoms with Crippen LogP contribution in [0.1, 0.15) is 61.8 Å². The first-order valence-electron chi connectivity index (χ1n) is 16.4. The number of ether oxygens (including phenoxy) is 2. The van der Waals surface area contributed by atoms with Gasteiger partial charge >= 0.3 is 0 Å². The maximum atomic E-state index is 14.7. The van der Waals surface area contributed by atoms with Gasteiger partial charge in [0.05, 0.1) is 28.4 Å². The number of rotatable bonds is 10. The molecule has 45 heavy (non-hydrogen) atoms. The predicted molar refractivity (Wildman–Crippen MR) is 162 cm³/mol. The first-order valence-corrected chi connectivity index (χ1v) is 14.9. The normalized spacial score (nSPS) is 23.8. The molecular formula is C33H38F2N6O4. The molecule has 3 aromatic rings. The fourth-order valence-corrected chi connectivity index (χ4v) is 6.13. The van der Waals surface area contributed by atoms with Crippen molar-refractivity contribution in [2.75, 3.05) is 20.1 Å². The Morgan fingerprint density at radius 1 is 1.33 bits per heavy atom. The summed E-state index contributed by atoms with van der Waals surface area (Å²) in [5.74, 6) is -0.628. The van der Waals surface area contributed by atoms with Gasteiger partial charge in [-0.15, -0.1) is 0 Å². The second kappa shape index (κ2) is 13.3. The summed E-state index contributed by atoms with van der Waals surface area (Å²) < 4.78 is 69.6. The maximum Gasteiger partial charge on any atom is 0.246 e. The zero-order chi connectivity index (χ0) is 34.7. The van der Waals surface area contributed by atoms with Crippen molar-refractivity contribution < 1.29 is 31.7 Å². The Hall–Kier alpha value is -4.37. The Kier molecular flexibility index (Phi) is 8.33. The number of hydrogen-bond donors (Lipinski definition) is 0. The molecule has 2 aromatic heterocycles. The Balaban J connectivity index is 1.44. The average Bonchev–Trinajstić information content (AvgIpc) is 3.67. The van der Waals surface area contributed by atoms with Gasteiger partial charge in [-0.05, 0) is 51.9 Å². The second-order valence-corrected chi connectivity index (χ2v) is 12.1. The van der Waals surface area contributed by atoms with E-state index in [9.17, 15) is 18.8 Å². The SMILES string of the molecule is [2H]C([2H])=C([2H])C(=O)N1CC[C@H](Oc2cc(O[C@@H](C)[C@@H]3C[C@H](F)CN3C)nc(-c3cc(C(C)(C)c4ccccc4F)no3)n2)C[C@H]1CC#N. The van der Waals surface area contributed by atoms with Crippen molar-refractivity contribution in [1.29, 1.82) is 5.26 Å². The van der Waals surface area contributed by atoms with Crippen molar-refractivity contribution in [2.24, 2.45) is 0 Å². The van der Waals surface area contributed by atoms with Crippen LogP contribution in [0.5, 0.6) is 11.8 Å². The van der Waals surface area contributed by atoms with E-state index in [2.05, 4.69) is 21.2 Å². The van der Waals surface area contributed by atoms with Gasteiger partial charge in [-0.2, -0.15) is 15.2 Å². The molecule has 1 amide bonds. The van der Waals surface area contributed by atoms with Crippen molar-refractivity contribution in [3.63, 3.8) is 0 Å². The highest BCUT2D eigenvalue weighted by Crippen LogP contribution is 2.35. The smallest absolute Gasteiger partial charge is 0.246 e. The number of halogens is 2. The van der Waals surface area contributed by atoms with Crippen molar-refractivity contribution >= 4 is 5.91 Å². The lowest BCUT2D eigenvalue weighted by Crippen LogP contribution is -2.48. The van der Waals surface area contributed by atoms with E-state index >= 15 is 0 Å².